The van der Waals surface area contributed by atoms with Crippen LogP contribution in [-0.4, -0.2) is 51.1 Å². The Kier molecular flexibility index (Phi) is 4.51. The van der Waals surface area contributed by atoms with Crippen LogP contribution < -0.4 is 0 Å². The van der Waals surface area contributed by atoms with Crippen molar-refractivity contribution in [1.82, 2.24) is 9.30 Å². The number of amides is 1. The number of rotatable bonds is 3. The lowest BCUT2D eigenvalue weighted by atomic mass is 9.85. The molecule has 1 aromatic carbocycles. The van der Waals surface area contributed by atoms with E-state index in [1.54, 1.807) is 58.0 Å². The van der Waals surface area contributed by atoms with Gasteiger partial charge in [-0.05, 0) is 37.8 Å². The van der Waals surface area contributed by atoms with Crippen molar-refractivity contribution < 1.29 is 19.5 Å². The second-order valence-electron chi connectivity index (χ2n) is 7.92. The average Bonchev–Trinajstić information content (AvgIpc) is 3.13. The maximum absolute atomic E-state index is 13.8. The van der Waals surface area contributed by atoms with Crippen molar-refractivity contribution in [3.8, 4) is 0 Å². The number of benzene rings is 1. The summed E-state index contributed by atoms with van der Waals surface area (Å²) < 4.78 is 1.67. The molecule has 1 N–H and O–H groups in total. The van der Waals surface area contributed by atoms with Crippen molar-refractivity contribution in [3.05, 3.63) is 76.6 Å². The first-order chi connectivity index (χ1) is 14.6. The first kappa shape index (κ1) is 18.8. The minimum atomic E-state index is -0.289. The largest absolute Gasteiger partial charge is 0.396 e. The Hall–Kier alpha value is -3.25. The normalized spacial score (nSPS) is 18.4. The van der Waals surface area contributed by atoms with Crippen LogP contribution in [0.5, 0.6) is 0 Å². The number of hydrogen-bond donors (Lipinski definition) is 1. The van der Waals surface area contributed by atoms with E-state index < -0.39 is 0 Å². The Morgan fingerprint density at radius 1 is 1.00 bits per heavy atom. The van der Waals surface area contributed by atoms with Crippen LogP contribution in [0.2, 0.25) is 0 Å². The van der Waals surface area contributed by atoms with E-state index in [-0.39, 0.29) is 41.4 Å². The van der Waals surface area contributed by atoms with Crippen LogP contribution in [0.25, 0.3) is 5.52 Å². The zero-order valence-electron chi connectivity index (χ0n) is 16.5. The topological polar surface area (TPSA) is 79.1 Å². The fraction of sp³-hybridized carbons (Fsp3) is 0.292. The van der Waals surface area contributed by atoms with Gasteiger partial charge in [-0.3, -0.25) is 14.4 Å². The number of fused-ring (bicyclic) bond motifs is 4. The molecule has 1 aliphatic heterocycles. The van der Waals surface area contributed by atoms with Gasteiger partial charge in [0.15, 0.2) is 5.78 Å². The lowest BCUT2D eigenvalue weighted by molar-refractivity contribution is 0.0574. The van der Waals surface area contributed by atoms with Gasteiger partial charge in [-0.15, -0.1) is 0 Å². The molecule has 1 atom stereocenters. The molecule has 1 amide bonds. The lowest BCUT2D eigenvalue weighted by Gasteiger charge is -2.35. The third kappa shape index (κ3) is 2.64. The molecule has 6 nitrogen and oxygen atoms in total. The summed E-state index contributed by atoms with van der Waals surface area (Å²) in [4.78, 5) is 42.3. The molecule has 1 fully saturated rings. The zero-order valence-corrected chi connectivity index (χ0v) is 16.5. The molecule has 0 bridgehead atoms. The summed E-state index contributed by atoms with van der Waals surface area (Å²) in [5, 5.41) is 9.46. The molecule has 5 rings (SSSR count). The van der Waals surface area contributed by atoms with Crippen molar-refractivity contribution in [2.24, 2.45) is 0 Å². The van der Waals surface area contributed by atoms with Gasteiger partial charge in [-0.2, -0.15) is 0 Å². The Bertz CT molecular complexity index is 1190. The number of aromatic nitrogens is 1. The molecule has 0 radical (unpaired) electrons. The average molecular weight is 402 g/mol. The molecule has 3 heterocycles. The van der Waals surface area contributed by atoms with Gasteiger partial charge in [-0.25, -0.2) is 0 Å². The van der Waals surface area contributed by atoms with Gasteiger partial charge in [-0.1, -0.05) is 30.3 Å². The second-order valence-corrected chi connectivity index (χ2v) is 7.92. The third-order valence-electron chi connectivity index (χ3n) is 6.27. The highest BCUT2D eigenvalue weighted by molar-refractivity contribution is 6.32. The summed E-state index contributed by atoms with van der Waals surface area (Å²) in [5.41, 5.74) is 2.02. The molecule has 1 aliphatic carbocycles. The minimum absolute atomic E-state index is 0.00779. The number of carbonyl (C=O) groups is 3. The van der Waals surface area contributed by atoms with E-state index in [2.05, 4.69) is 0 Å². The van der Waals surface area contributed by atoms with Crippen molar-refractivity contribution >= 4 is 23.0 Å². The number of hydrogen-bond acceptors (Lipinski definition) is 4. The van der Waals surface area contributed by atoms with Crippen molar-refractivity contribution in [3.63, 3.8) is 0 Å². The first-order valence-corrected chi connectivity index (χ1v) is 10.4. The molecule has 0 saturated carbocycles. The molecule has 30 heavy (non-hydrogen) atoms. The van der Waals surface area contributed by atoms with Crippen LogP contribution >= 0.6 is 0 Å². The molecule has 2 aromatic heterocycles. The summed E-state index contributed by atoms with van der Waals surface area (Å²) in [6.45, 7) is 0.592. The molecule has 6 heteroatoms. The number of nitrogens with zero attached hydrogens (tertiary/aromatic N) is 2. The molecule has 2 aliphatic rings. The van der Waals surface area contributed by atoms with Crippen molar-refractivity contribution in [2.75, 3.05) is 13.2 Å². The van der Waals surface area contributed by atoms with Gasteiger partial charge in [0.05, 0.1) is 16.6 Å². The van der Waals surface area contributed by atoms with Gasteiger partial charge < -0.3 is 14.4 Å². The summed E-state index contributed by atoms with van der Waals surface area (Å²) in [6, 6.07) is 12.1. The van der Waals surface area contributed by atoms with E-state index in [0.29, 0.717) is 35.2 Å². The van der Waals surface area contributed by atoms with Crippen molar-refractivity contribution in [1.29, 1.82) is 0 Å². The molecule has 0 spiro atoms. The van der Waals surface area contributed by atoms with Crippen LogP contribution in [0.15, 0.2) is 48.7 Å². The second kappa shape index (κ2) is 7.22. The minimum Gasteiger partial charge on any atom is -0.396 e. The molecular formula is C24H22N2O4. The third-order valence-corrected chi connectivity index (χ3v) is 6.27. The number of piperidine rings is 1. The van der Waals surface area contributed by atoms with E-state index in [0.717, 1.165) is 19.3 Å². The van der Waals surface area contributed by atoms with Crippen LogP contribution in [0, 0.1) is 0 Å². The monoisotopic (exact) mass is 402 g/mol. The number of carbonyl (C=O) groups excluding carboxylic acids is 3. The molecule has 0 unspecified atom stereocenters. The summed E-state index contributed by atoms with van der Waals surface area (Å²) in [6.07, 6.45) is 4.96. The molecule has 152 valence electrons. The first-order valence-electron chi connectivity index (χ1n) is 10.4. The fourth-order valence-electron chi connectivity index (χ4n) is 4.87. The molecule has 1 saturated heterocycles. The van der Waals surface area contributed by atoms with E-state index >= 15 is 0 Å². The lowest BCUT2D eigenvalue weighted by Crippen LogP contribution is -2.44. The molecule has 3 aromatic rings. The van der Waals surface area contributed by atoms with Gasteiger partial charge in [0.25, 0.3) is 5.91 Å². The SMILES string of the molecule is O=C1c2ccccc2C(=O)c2c1c(C(=O)N1CCCC[C@H]1CCO)c1ccccn21. The highest BCUT2D eigenvalue weighted by Gasteiger charge is 2.39. The number of likely N-dealkylation sites (tertiary alicyclic amines) is 1. The highest BCUT2D eigenvalue weighted by Crippen LogP contribution is 2.35. The maximum atomic E-state index is 13.8. The van der Waals surface area contributed by atoms with Crippen LogP contribution in [0.3, 0.4) is 0 Å². The number of ketones is 2. The standard InChI is InChI=1S/C24H22N2O4/c27-14-11-15-7-3-5-12-25(15)24(30)19-18-10-4-6-13-26(18)21-20(19)22(28)16-8-1-2-9-17(16)23(21)29/h1-2,4,6,8-10,13,15,27H,3,5,7,11-12,14H2/t15-/m0/s1. The van der Waals surface area contributed by atoms with Gasteiger partial charge in [0, 0.05) is 36.5 Å². The Morgan fingerprint density at radius 3 is 2.50 bits per heavy atom. The predicted molar refractivity (Wildman–Crippen MR) is 111 cm³/mol. The van der Waals surface area contributed by atoms with Crippen LogP contribution in [-0.2, 0) is 0 Å². The van der Waals surface area contributed by atoms with Crippen LogP contribution in [0.1, 0.15) is 68.0 Å². The van der Waals surface area contributed by atoms with Gasteiger partial charge in [0.1, 0.15) is 5.69 Å². The Labute approximate surface area is 173 Å². The summed E-state index contributed by atoms with van der Waals surface area (Å²) in [7, 11) is 0. The number of pyridine rings is 1. The van der Waals surface area contributed by atoms with Crippen LogP contribution in [0.4, 0.5) is 0 Å². The molecular weight excluding hydrogens is 380 g/mol. The number of aliphatic hydroxyl groups is 1. The van der Waals surface area contributed by atoms with E-state index in [9.17, 15) is 19.5 Å². The van der Waals surface area contributed by atoms with Gasteiger partial charge in [0.2, 0.25) is 5.78 Å². The number of aliphatic hydroxyl groups excluding tert-OH is 1. The fourth-order valence-corrected chi connectivity index (χ4v) is 4.87. The summed E-state index contributed by atoms with van der Waals surface area (Å²) >= 11 is 0. The quantitative estimate of drug-likeness (QED) is 0.571. The Morgan fingerprint density at radius 2 is 1.73 bits per heavy atom. The maximum Gasteiger partial charge on any atom is 0.257 e. The van der Waals surface area contributed by atoms with Crippen molar-refractivity contribution in [2.45, 2.75) is 31.7 Å². The Balaban J connectivity index is 1.73. The zero-order chi connectivity index (χ0) is 20.8. The van der Waals surface area contributed by atoms with E-state index in [4.69, 9.17) is 0 Å². The van der Waals surface area contributed by atoms with Gasteiger partial charge >= 0.3 is 0 Å². The smallest absolute Gasteiger partial charge is 0.257 e. The highest BCUT2D eigenvalue weighted by atomic mass is 16.3. The van der Waals surface area contributed by atoms with E-state index in [1.807, 2.05) is 0 Å². The summed E-state index contributed by atoms with van der Waals surface area (Å²) in [5.74, 6) is -0.771. The predicted octanol–water partition coefficient (Wildman–Crippen LogP) is 3.09. The van der Waals surface area contributed by atoms with E-state index in [1.165, 1.54) is 0 Å².